The first kappa shape index (κ1) is 20.7. The molecular formula is C24H28N2O3. The van der Waals surface area contributed by atoms with Crippen LogP contribution in [0.3, 0.4) is 0 Å². The van der Waals surface area contributed by atoms with Gasteiger partial charge in [-0.3, -0.25) is 0 Å². The number of nitrogens with one attached hydrogen (secondary N) is 1. The summed E-state index contributed by atoms with van der Waals surface area (Å²) in [6.45, 7) is 2.36. The Kier molecular flexibility index (Phi) is 7.09. The summed E-state index contributed by atoms with van der Waals surface area (Å²) in [6, 6.07) is 18.0. The quantitative estimate of drug-likeness (QED) is 0.519. The van der Waals surface area contributed by atoms with Crippen molar-refractivity contribution < 1.29 is 14.2 Å². The summed E-state index contributed by atoms with van der Waals surface area (Å²) < 4.78 is 16.7. The van der Waals surface area contributed by atoms with Crippen LogP contribution in [0.25, 0.3) is 10.8 Å². The predicted molar refractivity (Wildman–Crippen MR) is 118 cm³/mol. The van der Waals surface area contributed by atoms with Crippen molar-refractivity contribution in [3.8, 4) is 17.2 Å². The van der Waals surface area contributed by atoms with Crippen molar-refractivity contribution in [3.63, 3.8) is 0 Å². The van der Waals surface area contributed by atoms with Gasteiger partial charge in [-0.1, -0.05) is 30.3 Å². The number of hydrogen-bond acceptors (Lipinski definition) is 5. The van der Waals surface area contributed by atoms with Crippen LogP contribution in [0.2, 0.25) is 0 Å². The van der Waals surface area contributed by atoms with Gasteiger partial charge >= 0.3 is 0 Å². The first-order valence-corrected chi connectivity index (χ1v) is 9.70. The zero-order valence-electron chi connectivity index (χ0n) is 17.3. The first-order chi connectivity index (χ1) is 14.2. The number of nitrogens with zero attached hydrogens (tertiary/aromatic N) is 1. The minimum atomic E-state index is 0.608. The summed E-state index contributed by atoms with van der Waals surface area (Å²) in [5, 5.41) is 9.66. The normalized spacial score (nSPS) is 10.9. The lowest BCUT2D eigenvalue weighted by Gasteiger charge is -2.18. The summed E-state index contributed by atoms with van der Waals surface area (Å²) in [6.07, 6.45) is 2.31. The molecule has 0 aliphatic heterocycles. The molecule has 0 heterocycles. The Morgan fingerprint density at radius 1 is 0.862 bits per heavy atom. The number of methoxy groups -OCH3 is 2. The maximum absolute atomic E-state index is 7.57. The molecule has 5 heteroatoms. The Morgan fingerprint density at radius 2 is 1.59 bits per heavy atom. The van der Waals surface area contributed by atoms with Crippen molar-refractivity contribution in [1.82, 2.24) is 4.90 Å². The topological polar surface area (TPSA) is 54.8 Å². The molecule has 0 aliphatic carbocycles. The molecule has 1 N–H and O–H groups in total. The Balaban J connectivity index is 1.54. The van der Waals surface area contributed by atoms with Gasteiger partial charge in [0.2, 0.25) is 0 Å². The van der Waals surface area contributed by atoms with E-state index in [1.54, 1.807) is 14.2 Å². The van der Waals surface area contributed by atoms with Gasteiger partial charge in [0, 0.05) is 30.3 Å². The third-order valence-corrected chi connectivity index (χ3v) is 5.03. The zero-order chi connectivity index (χ0) is 20.6. The Labute approximate surface area is 172 Å². The van der Waals surface area contributed by atoms with Crippen LogP contribution in [-0.2, 0) is 6.42 Å². The van der Waals surface area contributed by atoms with E-state index in [-0.39, 0.29) is 0 Å². The van der Waals surface area contributed by atoms with Gasteiger partial charge < -0.3 is 24.5 Å². The van der Waals surface area contributed by atoms with Crippen LogP contribution in [0.5, 0.6) is 17.2 Å². The molecule has 0 fully saturated rings. The Hall–Kier alpha value is -3.05. The standard InChI is InChI=1S/C24H28N2O3/c1-26(13-12-18-8-10-23(27-2)24(16-18)28-3)14-15-29-22-11-9-19(17-25)20-6-4-5-7-21(20)22/h4-11,16-17,25H,12-15H2,1-3H3. The second-order valence-electron chi connectivity index (χ2n) is 6.93. The van der Waals surface area contributed by atoms with Gasteiger partial charge in [-0.15, -0.1) is 0 Å². The third kappa shape index (κ3) is 5.06. The second-order valence-corrected chi connectivity index (χ2v) is 6.93. The molecule has 0 aliphatic rings. The van der Waals surface area contributed by atoms with E-state index in [4.69, 9.17) is 19.6 Å². The third-order valence-electron chi connectivity index (χ3n) is 5.03. The summed E-state index contributed by atoms with van der Waals surface area (Å²) >= 11 is 0. The molecule has 29 heavy (non-hydrogen) atoms. The van der Waals surface area contributed by atoms with Gasteiger partial charge in [0.1, 0.15) is 12.4 Å². The largest absolute Gasteiger partial charge is 0.493 e. The highest BCUT2D eigenvalue weighted by atomic mass is 16.5. The van der Waals surface area contributed by atoms with E-state index < -0.39 is 0 Å². The number of rotatable bonds is 10. The van der Waals surface area contributed by atoms with Crippen molar-refractivity contribution >= 4 is 17.0 Å². The number of likely N-dealkylation sites (N-methyl/N-ethyl adjacent to an activating group) is 1. The maximum atomic E-state index is 7.57. The lowest BCUT2D eigenvalue weighted by molar-refractivity contribution is 0.240. The van der Waals surface area contributed by atoms with Crippen LogP contribution in [0.4, 0.5) is 0 Å². The minimum absolute atomic E-state index is 0.608. The highest BCUT2D eigenvalue weighted by Gasteiger charge is 2.08. The van der Waals surface area contributed by atoms with Crippen LogP contribution in [0.15, 0.2) is 54.6 Å². The molecule has 0 amide bonds. The molecule has 3 aromatic carbocycles. The highest BCUT2D eigenvalue weighted by Crippen LogP contribution is 2.28. The fourth-order valence-corrected chi connectivity index (χ4v) is 3.33. The fraction of sp³-hybridized carbons (Fsp3) is 0.292. The van der Waals surface area contributed by atoms with Crippen molar-refractivity contribution in [2.24, 2.45) is 0 Å². The average Bonchev–Trinajstić information content (AvgIpc) is 2.77. The van der Waals surface area contributed by atoms with E-state index >= 15 is 0 Å². The van der Waals surface area contributed by atoms with Gasteiger partial charge in [-0.2, -0.15) is 0 Å². The Morgan fingerprint density at radius 3 is 2.31 bits per heavy atom. The molecule has 0 atom stereocenters. The predicted octanol–water partition coefficient (Wildman–Crippen LogP) is 4.41. The lowest BCUT2D eigenvalue weighted by atomic mass is 10.0. The van der Waals surface area contributed by atoms with Crippen LogP contribution in [-0.4, -0.2) is 52.1 Å². The SMILES string of the molecule is COc1ccc(CCN(C)CCOc2ccc(C=N)c3ccccc23)cc1OC. The molecule has 0 saturated heterocycles. The molecule has 3 aromatic rings. The molecule has 0 unspecified atom stereocenters. The molecule has 0 aromatic heterocycles. The molecule has 0 bridgehead atoms. The molecule has 0 spiro atoms. The number of ether oxygens (including phenoxy) is 3. The van der Waals surface area contributed by atoms with Crippen molar-refractivity contribution in [3.05, 3.63) is 65.7 Å². The lowest BCUT2D eigenvalue weighted by Crippen LogP contribution is -2.26. The van der Waals surface area contributed by atoms with Crippen LogP contribution in [0, 0.1) is 5.41 Å². The fourth-order valence-electron chi connectivity index (χ4n) is 3.33. The van der Waals surface area contributed by atoms with Crippen molar-refractivity contribution in [2.75, 3.05) is 41.0 Å². The van der Waals surface area contributed by atoms with E-state index in [9.17, 15) is 0 Å². The van der Waals surface area contributed by atoms with Gasteiger partial charge in [-0.25, -0.2) is 0 Å². The van der Waals surface area contributed by atoms with Crippen molar-refractivity contribution in [1.29, 1.82) is 5.41 Å². The van der Waals surface area contributed by atoms with Crippen LogP contribution >= 0.6 is 0 Å². The maximum Gasteiger partial charge on any atom is 0.160 e. The van der Waals surface area contributed by atoms with E-state index in [0.29, 0.717) is 6.61 Å². The zero-order valence-corrected chi connectivity index (χ0v) is 17.3. The first-order valence-electron chi connectivity index (χ1n) is 9.70. The second kappa shape index (κ2) is 9.94. The van der Waals surface area contributed by atoms with Crippen LogP contribution < -0.4 is 14.2 Å². The summed E-state index contributed by atoms with van der Waals surface area (Å²) in [5.74, 6) is 2.37. The molecule has 152 valence electrons. The molecular weight excluding hydrogens is 364 g/mol. The average molecular weight is 392 g/mol. The van der Waals surface area contributed by atoms with E-state index in [0.717, 1.165) is 53.1 Å². The molecule has 3 rings (SSSR count). The molecule has 5 nitrogen and oxygen atoms in total. The van der Waals surface area contributed by atoms with Gasteiger partial charge in [0.05, 0.1) is 14.2 Å². The minimum Gasteiger partial charge on any atom is -0.493 e. The molecule has 0 saturated carbocycles. The summed E-state index contributed by atoms with van der Waals surface area (Å²) in [7, 11) is 5.40. The van der Waals surface area contributed by atoms with Gasteiger partial charge in [0.25, 0.3) is 0 Å². The number of hydrogen-bond donors (Lipinski definition) is 1. The summed E-state index contributed by atoms with van der Waals surface area (Å²) in [5.41, 5.74) is 2.11. The monoisotopic (exact) mass is 392 g/mol. The van der Waals surface area contributed by atoms with E-state index in [1.807, 2.05) is 48.5 Å². The number of fused-ring (bicyclic) bond motifs is 1. The van der Waals surface area contributed by atoms with Gasteiger partial charge in [0.15, 0.2) is 11.5 Å². The van der Waals surface area contributed by atoms with Gasteiger partial charge in [-0.05, 0) is 48.7 Å². The Bertz CT molecular complexity index is 971. The summed E-state index contributed by atoms with van der Waals surface area (Å²) in [4.78, 5) is 2.25. The number of benzene rings is 3. The van der Waals surface area contributed by atoms with Crippen LogP contribution in [0.1, 0.15) is 11.1 Å². The van der Waals surface area contributed by atoms with E-state index in [1.165, 1.54) is 11.8 Å². The van der Waals surface area contributed by atoms with Crippen molar-refractivity contribution in [2.45, 2.75) is 6.42 Å². The van der Waals surface area contributed by atoms with E-state index in [2.05, 4.69) is 18.0 Å². The smallest absolute Gasteiger partial charge is 0.160 e. The highest BCUT2D eigenvalue weighted by molar-refractivity contribution is 6.01. The molecule has 0 radical (unpaired) electrons.